The summed E-state index contributed by atoms with van der Waals surface area (Å²) >= 11 is 0. The molecule has 0 heterocycles. The second-order valence-electron chi connectivity index (χ2n) is 17.0. The Balaban J connectivity index is 1.07. The van der Waals surface area contributed by atoms with Gasteiger partial charge < -0.3 is 4.90 Å². The van der Waals surface area contributed by atoms with Crippen LogP contribution in [0.3, 0.4) is 0 Å². The standard InChI is InChI=1S/C58H43N/c1-57(2)49-25-11-6-19-42(49)45-36-35-41(37-54(45)57)59(40-33-31-39(32-34-40)38-17-4-3-5-18-38)55-30-15-10-22-46(55)47-24-16-29-53-56(47)48-23-9-14-28-52(48)58(53)50-26-12-7-20-43(50)44-21-8-13-27-51(44)58/h3-9,11-14,16-37H,10,15H2,1-2H3. The van der Waals surface area contributed by atoms with E-state index in [1.165, 1.54) is 100 Å². The fourth-order valence-corrected chi connectivity index (χ4v) is 11.2. The van der Waals surface area contributed by atoms with E-state index < -0.39 is 0 Å². The summed E-state index contributed by atoms with van der Waals surface area (Å²) in [5.41, 5.74) is 24.4. The molecule has 12 rings (SSSR count). The van der Waals surface area contributed by atoms with Gasteiger partial charge in [0.1, 0.15) is 0 Å². The predicted molar refractivity (Wildman–Crippen MR) is 246 cm³/mol. The largest absolute Gasteiger partial charge is 0.310 e. The summed E-state index contributed by atoms with van der Waals surface area (Å²) in [6.07, 6.45) is 6.97. The maximum atomic E-state index is 2.54. The number of fused-ring (bicyclic) bond motifs is 13. The van der Waals surface area contributed by atoms with Crippen LogP contribution in [0.2, 0.25) is 0 Å². The summed E-state index contributed by atoms with van der Waals surface area (Å²) in [6, 6.07) is 70.5. The number of allylic oxidation sites excluding steroid dienone is 3. The van der Waals surface area contributed by atoms with Crippen molar-refractivity contribution in [1.82, 2.24) is 0 Å². The van der Waals surface area contributed by atoms with Crippen molar-refractivity contribution in [2.75, 3.05) is 4.90 Å². The second kappa shape index (κ2) is 12.8. The molecule has 0 N–H and O–H groups in total. The summed E-state index contributed by atoms with van der Waals surface area (Å²) in [6.45, 7) is 4.76. The van der Waals surface area contributed by atoms with E-state index in [9.17, 15) is 0 Å². The smallest absolute Gasteiger partial charge is 0.0725 e. The van der Waals surface area contributed by atoms with Crippen molar-refractivity contribution in [3.63, 3.8) is 0 Å². The molecule has 0 unspecified atom stereocenters. The van der Waals surface area contributed by atoms with Crippen molar-refractivity contribution in [1.29, 1.82) is 0 Å². The molecule has 1 spiro atoms. The Morgan fingerprint density at radius 1 is 0.373 bits per heavy atom. The predicted octanol–water partition coefficient (Wildman–Crippen LogP) is 14.9. The maximum absolute atomic E-state index is 2.54. The second-order valence-corrected chi connectivity index (χ2v) is 17.0. The quantitative estimate of drug-likeness (QED) is 0.169. The van der Waals surface area contributed by atoms with Gasteiger partial charge in [-0.15, -0.1) is 0 Å². The molecule has 0 radical (unpaired) electrons. The molecule has 4 aliphatic carbocycles. The lowest BCUT2D eigenvalue weighted by molar-refractivity contribution is 0.660. The lowest BCUT2D eigenvalue weighted by Gasteiger charge is -2.33. The molecule has 0 aromatic heterocycles. The first kappa shape index (κ1) is 34.1. The van der Waals surface area contributed by atoms with Crippen molar-refractivity contribution >= 4 is 16.9 Å². The first-order valence-corrected chi connectivity index (χ1v) is 21.1. The molecule has 4 aliphatic rings. The van der Waals surface area contributed by atoms with Crippen molar-refractivity contribution in [3.05, 3.63) is 245 Å². The van der Waals surface area contributed by atoms with E-state index in [1.807, 2.05) is 0 Å². The molecule has 1 heteroatoms. The van der Waals surface area contributed by atoms with Crippen LogP contribution in [0.5, 0.6) is 0 Å². The van der Waals surface area contributed by atoms with Crippen LogP contribution in [-0.4, -0.2) is 0 Å². The maximum Gasteiger partial charge on any atom is 0.0725 e. The van der Waals surface area contributed by atoms with E-state index in [0.717, 1.165) is 18.5 Å². The van der Waals surface area contributed by atoms with Gasteiger partial charge in [0, 0.05) is 28.1 Å². The third kappa shape index (κ3) is 4.73. The van der Waals surface area contributed by atoms with E-state index >= 15 is 0 Å². The SMILES string of the molecule is CC1(C)c2ccccc2-c2ccc(N(C3=CCCC=C3c3cccc4c3-c3ccccc3C43c4ccccc4-c4ccccc43)c3ccc(-c4ccccc4)cc3)cc21. The molecular formula is C58H43N. The highest BCUT2D eigenvalue weighted by Gasteiger charge is 2.52. The summed E-state index contributed by atoms with van der Waals surface area (Å²) in [7, 11) is 0. The van der Waals surface area contributed by atoms with Gasteiger partial charge in [-0.2, -0.15) is 0 Å². The van der Waals surface area contributed by atoms with Gasteiger partial charge >= 0.3 is 0 Å². The minimum atomic E-state index is -0.387. The van der Waals surface area contributed by atoms with Crippen LogP contribution in [0.25, 0.3) is 50.1 Å². The molecule has 0 saturated heterocycles. The number of benzene rings is 8. The van der Waals surface area contributed by atoms with Crippen LogP contribution in [0, 0.1) is 0 Å². The third-order valence-electron chi connectivity index (χ3n) is 13.7. The van der Waals surface area contributed by atoms with Crippen LogP contribution >= 0.6 is 0 Å². The molecule has 59 heavy (non-hydrogen) atoms. The van der Waals surface area contributed by atoms with E-state index in [1.54, 1.807) is 0 Å². The minimum Gasteiger partial charge on any atom is -0.310 e. The summed E-state index contributed by atoms with van der Waals surface area (Å²) in [4.78, 5) is 2.54. The Morgan fingerprint density at radius 2 is 0.864 bits per heavy atom. The number of hydrogen-bond acceptors (Lipinski definition) is 1. The summed E-state index contributed by atoms with van der Waals surface area (Å²) < 4.78 is 0. The minimum absolute atomic E-state index is 0.115. The van der Waals surface area contributed by atoms with Gasteiger partial charge in [0.05, 0.1) is 5.41 Å². The topological polar surface area (TPSA) is 3.24 Å². The molecule has 0 aliphatic heterocycles. The van der Waals surface area contributed by atoms with Crippen LogP contribution < -0.4 is 4.90 Å². The van der Waals surface area contributed by atoms with E-state index in [-0.39, 0.29) is 10.8 Å². The van der Waals surface area contributed by atoms with E-state index in [4.69, 9.17) is 0 Å². The van der Waals surface area contributed by atoms with Gasteiger partial charge in [-0.1, -0.05) is 190 Å². The zero-order valence-corrected chi connectivity index (χ0v) is 33.4. The van der Waals surface area contributed by atoms with Gasteiger partial charge in [0.2, 0.25) is 0 Å². The Hall–Kier alpha value is -6.96. The zero-order chi connectivity index (χ0) is 39.3. The lowest BCUT2D eigenvalue weighted by Crippen LogP contribution is -2.26. The first-order valence-electron chi connectivity index (χ1n) is 21.1. The van der Waals surface area contributed by atoms with Gasteiger partial charge in [0.25, 0.3) is 0 Å². The van der Waals surface area contributed by atoms with Crippen molar-refractivity contribution in [2.45, 2.75) is 37.5 Å². The highest BCUT2D eigenvalue weighted by Crippen LogP contribution is 2.64. The Kier molecular flexibility index (Phi) is 7.38. The normalized spacial score (nSPS) is 15.6. The molecule has 0 amide bonds. The monoisotopic (exact) mass is 753 g/mol. The van der Waals surface area contributed by atoms with Crippen LogP contribution in [0.15, 0.2) is 206 Å². The van der Waals surface area contributed by atoms with Gasteiger partial charge in [0.15, 0.2) is 0 Å². The third-order valence-corrected chi connectivity index (χ3v) is 13.7. The highest BCUT2D eigenvalue weighted by atomic mass is 15.2. The van der Waals surface area contributed by atoms with E-state index in [0.29, 0.717) is 0 Å². The molecule has 0 saturated carbocycles. The molecule has 0 atom stereocenters. The Bertz CT molecular complexity index is 3020. The van der Waals surface area contributed by atoms with Crippen molar-refractivity contribution in [2.24, 2.45) is 0 Å². The number of anilines is 2. The van der Waals surface area contributed by atoms with Gasteiger partial charge in [-0.05, 0) is 121 Å². The molecule has 8 aromatic rings. The highest BCUT2D eigenvalue weighted by molar-refractivity contribution is 6.02. The molecule has 0 bridgehead atoms. The number of hydrogen-bond donors (Lipinski definition) is 0. The Labute approximate surface area is 347 Å². The van der Waals surface area contributed by atoms with Gasteiger partial charge in [-0.25, -0.2) is 0 Å². The summed E-state index contributed by atoms with van der Waals surface area (Å²) in [5, 5.41) is 0. The van der Waals surface area contributed by atoms with Crippen LogP contribution in [-0.2, 0) is 10.8 Å². The van der Waals surface area contributed by atoms with Crippen LogP contribution in [0.1, 0.15) is 65.6 Å². The average Bonchev–Trinajstić information content (AvgIpc) is 3.86. The lowest BCUT2D eigenvalue weighted by atomic mass is 9.70. The Morgan fingerprint density at radius 3 is 1.56 bits per heavy atom. The molecule has 1 nitrogen and oxygen atoms in total. The first-order chi connectivity index (χ1) is 29.0. The summed E-state index contributed by atoms with van der Waals surface area (Å²) in [5.74, 6) is 0. The zero-order valence-electron chi connectivity index (χ0n) is 33.4. The van der Waals surface area contributed by atoms with Crippen LogP contribution in [0.4, 0.5) is 11.4 Å². The van der Waals surface area contributed by atoms with Gasteiger partial charge in [-0.3, -0.25) is 0 Å². The molecule has 0 fully saturated rings. The number of nitrogens with zero attached hydrogens (tertiary/aromatic N) is 1. The average molecular weight is 754 g/mol. The number of rotatable bonds is 5. The molecular weight excluding hydrogens is 711 g/mol. The van der Waals surface area contributed by atoms with E-state index in [2.05, 4.69) is 219 Å². The molecule has 8 aromatic carbocycles. The molecule has 280 valence electrons. The van der Waals surface area contributed by atoms with Crippen molar-refractivity contribution < 1.29 is 0 Å². The fraction of sp³-hybridized carbons (Fsp3) is 0.103. The van der Waals surface area contributed by atoms with Crippen molar-refractivity contribution in [3.8, 4) is 44.5 Å². The fourth-order valence-electron chi connectivity index (χ4n) is 11.2.